The monoisotopic (exact) mass is 397 g/mol. The van der Waals surface area contributed by atoms with E-state index >= 15 is 0 Å². The van der Waals surface area contributed by atoms with Gasteiger partial charge in [-0.3, -0.25) is 14.9 Å². The molecule has 4 fully saturated rings. The first-order valence-corrected chi connectivity index (χ1v) is 11.2. The Morgan fingerprint density at radius 3 is 2.29 bits per heavy atom. The highest BCUT2D eigenvalue weighted by atomic mass is 32.1. The van der Waals surface area contributed by atoms with Crippen molar-refractivity contribution in [2.45, 2.75) is 64.7 Å². The molecular formula is C22H27N3O2S. The van der Waals surface area contributed by atoms with Gasteiger partial charge in [0.25, 0.3) is 5.91 Å². The molecule has 148 valence electrons. The Kier molecular flexibility index (Phi) is 4.06. The lowest BCUT2D eigenvalue weighted by Gasteiger charge is -2.56. The maximum absolute atomic E-state index is 12.8. The summed E-state index contributed by atoms with van der Waals surface area (Å²) >= 11 is 1.52. The van der Waals surface area contributed by atoms with Gasteiger partial charge in [0.1, 0.15) is 5.69 Å². The van der Waals surface area contributed by atoms with Crippen LogP contribution < -0.4 is 5.32 Å². The van der Waals surface area contributed by atoms with Gasteiger partial charge < -0.3 is 4.98 Å². The highest BCUT2D eigenvalue weighted by Crippen LogP contribution is 2.60. The van der Waals surface area contributed by atoms with Crippen LogP contribution in [0.5, 0.6) is 0 Å². The second kappa shape index (κ2) is 6.28. The largest absolute Gasteiger partial charge is 0.354 e. The third kappa shape index (κ3) is 2.76. The topological polar surface area (TPSA) is 74.8 Å². The first kappa shape index (κ1) is 18.1. The molecular weight excluding hydrogens is 370 g/mol. The van der Waals surface area contributed by atoms with Crippen molar-refractivity contribution >= 4 is 28.2 Å². The molecule has 2 aromatic rings. The number of carbonyl (C=O) groups excluding carboxylic acids is 2. The number of aromatic amines is 1. The van der Waals surface area contributed by atoms with Crippen LogP contribution in [-0.2, 0) is 5.41 Å². The number of nitrogens with one attached hydrogen (secondary N) is 2. The van der Waals surface area contributed by atoms with Crippen LogP contribution in [0.3, 0.4) is 0 Å². The van der Waals surface area contributed by atoms with Gasteiger partial charge in [0.15, 0.2) is 10.9 Å². The molecule has 2 N–H and O–H groups in total. The van der Waals surface area contributed by atoms with Gasteiger partial charge in [-0.05, 0) is 82.6 Å². The third-order valence-corrected chi connectivity index (χ3v) is 8.08. The number of Topliss-reactive ketones (excluding diaryl/α,β-unsaturated/α-hetero) is 1. The molecule has 0 aliphatic heterocycles. The van der Waals surface area contributed by atoms with Gasteiger partial charge in [-0.2, -0.15) is 0 Å². The minimum atomic E-state index is -0.223. The van der Waals surface area contributed by atoms with Gasteiger partial charge in [0, 0.05) is 22.1 Å². The van der Waals surface area contributed by atoms with Crippen molar-refractivity contribution < 1.29 is 9.59 Å². The summed E-state index contributed by atoms with van der Waals surface area (Å²) < 4.78 is 0. The lowest BCUT2D eigenvalue weighted by Crippen LogP contribution is -2.48. The number of thiazole rings is 1. The van der Waals surface area contributed by atoms with Crippen molar-refractivity contribution in [2.75, 3.05) is 5.32 Å². The number of H-pyrrole nitrogens is 1. The maximum atomic E-state index is 12.8. The van der Waals surface area contributed by atoms with Gasteiger partial charge in [-0.25, -0.2) is 4.98 Å². The Hall–Kier alpha value is -1.95. The van der Waals surface area contributed by atoms with Crippen molar-refractivity contribution in [3.05, 3.63) is 33.6 Å². The van der Waals surface area contributed by atoms with E-state index in [1.807, 2.05) is 13.8 Å². The number of anilines is 1. The smallest absolute Gasteiger partial charge is 0.274 e. The van der Waals surface area contributed by atoms with Crippen molar-refractivity contribution in [2.24, 2.45) is 17.8 Å². The predicted molar refractivity (Wildman–Crippen MR) is 110 cm³/mol. The standard InChI is InChI=1S/C22H27N3O2S/c1-11-18(13(3)26)12(2)23-19(11)20(27)25-21-24-17(10-28-21)22-7-14-4-15(8-22)6-16(5-14)9-22/h10,14-16,23H,4-9H2,1-3H3,(H,24,25,27). The SMILES string of the molecule is CC(=O)c1c(C)[nH]c(C(=O)Nc2nc(C34CC5CC(CC(C5)C3)C4)cs2)c1C. The molecule has 4 saturated carbocycles. The van der Waals surface area contributed by atoms with E-state index in [-0.39, 0.29) is 17.1 Å². The molecule has 0 spiro atoms. The molecule has 4 aliphatic rings. The van der Waals surface area contributed by atoms with Gasteiger partial charge in [-0.15, -0.1) is 11.3 Å². The van der Waals surface area contributed by atoms with Crippen molar-refractivity contribution in [3.63, 3.8) is 0 Å². The Bertz CT molecular complexity index is 935. The second-order valence-electron chi connectivity index (χ2n) is 9.37. The Balaban J connectivity index is 1.37. The number of hydrogen-bond donors (Lipinski definition) is 2. The van der Waals surface area contributed by atoms with Crippen LogP contribution in [0.2, 0.25) is 0 Å². The van der Waals surface area contributed by atoms with Crippen LogP contribution >= 0.6 is 11.3 Å². The lowest BCUT2D eigenvalue weighted by atomic mass is 9.49. The molecule has 0 radical (unpaired) electrons. The normalized spacial score (nSPS) is 30.6. The van der Waals surface area contributed by atoms with Crippen LogP contribution in [0.15, 0.2) is 5.38 Å². The highest BCUT2D eigenvalue weighted by molar-refractivity contribution is 7.14. The van der Waals surface area contributed by atoms with E-state index in [1.165, 1.54) is 62.5 Å². The van der Waals surface area contributed by atoms with E-state index in [2.05, 4.69) is 15.7 Å². The van der Waals surface area contributed by atoms with Crippen molar-refractivity contribution in [1.29, 1.82) is 0 Å². The molecule has 2 aromatic heterocycles. The fraction of sp³-hybridized carbons (Fsp3) is 0.591. The van der Waals surface area contributed by atoms with E-state index in [9.17, 15) is 9.59 Å². The zero-order valence-corrected chi connectivity index (χ0v) is 17.5. The van der Waals surface area contributed by atoms with Crippen LogP contribution in [0.1, 0.15) is 83.2 Å². The molecule has 6 heteroatoms. The highest BCUT2D eigenvalue weighted by Gasteiger charge is 2.52. The molecule has 4 bridgehead atoms. The lowest BCUT2D eigenvalue weighted by molar-refractivity contribution is -0.00688. The summed E-state index contributed by atoms with van der Waals surface area (Å²) in [6, 6.07) is 0. The molecule has 6 rings (SSSR count). The average Bonchev–Trinajstić information content (AvgIpc) is 3.18. The van der Waals surface area contributed by atoms with Gasteiger partial charge >= 0.3 is 0 Å². The Morgan fingerprint density at radius 1 is 1.14 bits per heavy atom. The average molecular weight is 398 g/mol. The summed E-state index contributed by atoms with van der Waals surface area (Å²) in [6.07, 6.45) is 8.05. The summed E-state index contributed by atoms with van der Waals surface area (Å²) in [7, 11) is 0. The molecule has 0 unspecified atom stereocenters. The molecule has 0 saturated heterocycles. The number of rotatable bonds is 4. The van der Waals surface area contributed by atoms with Crippen LogP contribution in [-0.4, -0.2) is 21.7 Å². The van der Waals surface area contributed by atoms with Gasteiger partial charge in [0.05, 0.1) is 5.69 Å². The first-order valence-electron chi connectivity index (χ1n) is 10.3. The summed E-state index contributed by atoms with van der Waals surface area (Å²) in [5.74, 6) is 2.38. The fourth-order valence-corrected chi connectivity index (χ4v) is 7.49. The molecule has 5 nitrogen and oxygen atoms in total. The van der Waals surface area contributed by atoms with E-state index in [0.717, 1.165) is 23.4 Å². The Morgan fingerprint density at radius 2 is 1.75 bits per heavy atom. The van der Waals surface area contributed by atoms with Crippen molar-refractivity contribution in [1.82, 2.24) is 9.97 Å². The molecule has 2 heterocycles. The summed E-state index contributed by atoms with van der Waals surface area (Å²) in [5, 5.41) is 5.78. The zero-order valence-electron chi connectivity index (χ0n) is 16.7. The van der Waals surface area contributed by atoms with Gasteiger partial charge in [0.2, 0.25) is 0 Å². The molecule has 4 aliphatic carbocycles. The summed E-state index contributed by atoms with van der Waals surface area (Å²) in [4.78, 5) is 32.6. The quantitative estimate of drug-likeness (QED) is 0.712. The number of hydrogen-bond acceptors (Lipinski definition) is 4. The zero-order chi connectivity index (χ0) is 19.6. The summed E-state index contributed by atoms with van der Waals surface area (Å²) in [6.45, 7) is 5.18. The second-order valence-corrected chi connectivity index (χ2v) is 10.2. The van der Waals surface area contributed by atoms with Gasteiger partial charge in [-0.1, -0.05) is 0 Å². The number of nitrogens with zero attached hydrogens (tertiary/aromatic N) is 1. The minimum Gasteiger partial charge on any atom is -0.354 e. The number of aromatic nitrogens is 2. The number of aryl methyl sites for hydroxylation is 1. The summed E-state index contributed by atoms with van der Waals surface area (Å²) in [5.41, 5.74) is 3.95. The number of ketones is 1. The molecule has 1 amide bonds. The number of carbonyl (C=O) groups is 2. The van der Waals surface area contributed by atoms with Crippen LogP contribution in [0, 0.1) is 31.6 Å². The minimum absolute atomic E-state index is 0.0244. The molecule has 28 heavy (non-hydrogen) atoms. The fourth-order valence-electron chi connectivity index (χ4n) is 6.66. The van der Waals surface area contributed by atoms with Crippen molar-refractivity contribution in [3.8, 4) is 0 Å². The molecule has 0 atom stereocenters. The predicted octanol–water partition coefficient (Wildman–Crippen LogP) is 5.01. The van der Waals surface area contributed by atoms with E-state index in [0.29, 0.717) is 22.0 Å². The third-order valence-electron chi connectivity index (χ3n) is 7.32. The number of amides is 1. The maximum Gasteiger partial charge on any atom is 0.274 e. The van der Waals surface area contributed by atoms with E-state index in [1.54, 1.807) is 0 Å². The van der Waals surface area contributed by atoms with E-state index < -0.39 is 0 Å². The molecule has 0 aromatic carbocycles. The van der Waals surface area contributed by atoms with Crippen LogP contribution in [0.25, 0.3) is 0 Å². The van der Waals surface area contributed by atoms with Crippen LogP contribution in [0.4, 0.5) is 5.13 Å². The first-order chi connectivity index (χ1) is 13.3. The Labute approximate surface area is 169 Å². The van der Waals surface area contributed by atoms with E-state index in [4.69, 9.17) is 4.98 Å².